The number of nitrogens with zero attached hydrogens (tertiary/aromatic N) is 2. The molecule has 2 aromatic rings. The number of piperazine rings is 1. The van der Waals surface area contributed by atoms with Gasteiger partial charge in [0.25, 0.3) is 15.9 Å². The van der Waals surface area contributed by atoms with E-state index in [4.69, 9.17) is 0 Å². The predicted octanol–water partition coefficient (Wildman–Crippen LogP) is 0.715. The SMILES string of the molecule is CNC(=O)CN(C)C(=O)c1ccc(N2CCNCC2)c(NS(=O)(=O)c2ccccc2)c1. The van der Waals surface area contributed by atoms with Crippen molar-refractivity contribution in [2.45, 2.75) is 4.90 Å². The Kier molecular flexibility index (Phi) is 7.13. The Morgan fingerprint density at radius 3 is 2.42 bits per heavy atom. The van der Waals surface area contributed by atoms with Gasteiger partial charge in [-0.1, -0.05) is 18.2 Å². The van der Waals surface area contributed by atoms with Gasteiger partial charge in [-0.05, 0) is 30.3 Å². The Morgan fingerprint density at radius 1 is 1.10 bits per heavy atom. The number of carbonyl (C=O) groups excluding carboxylic acids is 2. The van der Waals surface area contributed by atoms with Crippen LogP contribution >= 0.6 is 0 Å². The number of anilines is 2. The van der Waals surface area contributed by atoms with E-state index >= 15 is 0 Å². The van der Waals surface area contributed by atoms with Gasteiger partial charge in [0.05, 0.1) is 22.8 Å². The highest BCUT2D eigenvalue weighted by Crippen LogP contribution is 2.30. The second kappa shape index (κ2) is 9.80. The molecule has 1 aliphatic heterocycles. The van der Waals surface area contributed by atoms with E-state index in [2.05, 4.69) is 20.3 Å². The van der Waals surface area contributed by atoms with E-state index in [1.807, 2.05) is 0 Å². The molecule has 0 bridgehead atoms. The van der Waals surface area contributed by atoms with Crippen molar-refractivity contribution in [3.05, 3.63) is 54.1 Å². The maximum absolute atomic E-state index is 12.9. The molecule has 9 nitrogen and oxygen atoms in total. The highest BCUT2D eigenvalue weighted by atomic mass is 32.2. The first kappa shape index (κ1) is 22.6. The minimum absolute atomic E-state index is 0.0973. The topological polar surface area (TPSA) is 111 Å². The second-order valence-electron chi connectivity index (χ2n) is 7.22. The molecule has 0 radical (unpaired) electrons. The van der Waals surface area contributed by atoms with Crippen LogP contribution in [0.25, 0.3) is 0 Å². The van der Waals surface area contributed by atoms with Crippen molar-refractivity contribution in [3.63, 3.8) is 0 Å². The van der Waals surface area contributed by atoms with Crippen molar-refractivity contribution in [1.29, 1.82) is 0 Å². The zero-order valence-electron chi connectivity index (χ0n) is 17.6. The van der Waals surface area contributed by atoms with E-state index in [9.17, 15) is 18.0 Å². The van der Waals surface area contributed by atoms with Crippen LogP contribution in [0, 0.1) is 0 Å². The molecule has 1 heterocycles. The summed E-state index contributed by atoms with van der Waals surface area (Å²) < 4.78 is 28.5. The molecular weight excluding hydrogens is 418 g/mol. The molecule has 166 valence electrons. The van der Waals surface area contributed by atoms with Crippen LogP contribution in [0.3, 0.4) is 0 Å². The number of hydrogen-bond donors (Lipinski definition) is 3. The molecule has 0 unspecified atom stereocenters. The quantitative estimate of drug-likeness (QED) is 0.579. The van der Waals surface area contributed by atoms with Gasteiger partial charge in [-0.3, -0.25) is 14.3 Å². The lowest BCUT2D eigenvalue weighted by molar-refractivity contribution is -0.121. The van der Waals surface area contributed by atoms with Crippen molar-refractivity contribution in [2.24, 2.45) is 0 Å². The van der Waals surface area contributed by atoms with Gasteiger partial charge in [-0.15, -0.1) is 0 Å². The summed E-state index contributed by atoms with van der Waals surface area (Å²) >= 11 is 0. The van der Waals surface area contributed by atoms with Gasteiger partial charge < -0.3 is 20.4 Å². The number of benzene rings is 2. The smallest absolute Gasteiger partial charge is 0.261 e. The molecule has 0 aliphatic carbocycles. The number of likely N-dealkylation sites (N-methyl/N-ethyl adjacent to an activating group) is 2. The van der Waals surface area contributed by atoms with E-state index in [1.165, 1.54) is 37.2 Å². The van der Waals surface area contributed by atoms with Crippen LogP contribution in [0.2, 0.25) is 0 Å². The summed E-state index contributed by atoms with van der Waals surface area (Å²) in [5.74, 6) is -0.672. The Hall–Kier alpha value is -3.11. The standard InChI is InChI=1S/C21H27N5O4S/c1-22-20(27)15-25(2)21(28)16-8-9-19(26-12-10-23-11-13-26)18(14-16)24-31(29,30)17-6-4-3-5-7-17/h3-9,14,23-24H,10-13,15H2,1-2H3,(H,22,27). The summed E-state index contributed by atoms with van der Waals surface area (Å²) in [5, 5.41) is 5.75. The second-order valence-corrected chi connectivity index (χ2v) is 8.90. The minimum Gasteiger partial charge on any atom is -0.367 e. The summed E-state index contributed by atoms with van der Waals surface area (Å²) in [6, 6.07) is 13.0. The Balaban J connectivity index is 1.96. The predicted molar refractivity (Wildman–Crippen MR) is 120 cm³/mol. The number of amides is 2. The first-order valence-electron chi connectivity index (χ1n) is 9.95. The van der Waals surface area contributed by atoms with E-state index in [0.717, 1.165) is 13.1 Å². The van der Waals surface area contributed by atoms with Crippen LogP contribution in [-0.4, -0.2) is 72.0 Å². The summed E-state index contributed by atoms with van der Waals surface area (Å²) in [6.45, 7) is 2.88. The summed E-state index contributed by atoms with van der Waals surface area (Å²) in [4.78, 5) is 27.9. The van der Waals surface area contributed by atoms with Crippen LogP contribution in [0.5, 0.6) is 0 Å². The normalized spacial score (nSPS) is 14.1. The van der Waals surface area contributed by atoms with E-state index in [1.54, 1.807) is 30.3 Å². The number of sulfonamides is 1. The van der Waals surface area contributed by atoms with Crippen molar-refractivity contribution in [3.8, 4) is 0 Å². The van der Waals surface area contributed by atoms with Crippen LogP contribution in [0.1, 0.15) is 10.4 Å². The lowest BCUT2D eigenvalue weighted by Crippen LogP contribution is -2.44. The average molecular weight is 446 g/mol. The lowest BCUT2D eigenvalue weighted by atomic mass is 10.1. The maximum atomic E-state index is 12.9. The molecule has 0 spiro atoms. The average Bonchev–Trinajstić information content (AvgIpc) is 2.79. The molecule has 0 aromatic heterocycles. The van der Waals surface area contributed by atoms with Gasteiger partial charge in [0.1, 0.15) is 0 Å². The zero-order chi connectivity index (χ0) is 22.4. The summed E-state index contributed by atoms with van der Waals surface area (Å²) in [5.41, 5.74) is 1.31. The maximum Gasteiger partial charge on any atom is 0.261 e. The van der Waals surface area contributed by atoms with Gasteiger partial charge in [0.2, 0.25) is 5.91 Å². The van der Waals surface area contributed by atoms with Gasteiger partial charge in [-0.25, -0.2) is 8.42 Å². The molecule has 0 saturated carbocycles. The van der Waals surface area contributed by atoms with E-state index in [0.29, 0.717) is 24.5 Å². The minimum atomic E-state index is -3.84. The summed E-state index contributed by atoms with van der Waals surface area (Å²) in [7, 11) is -0.819. The van der Waals surface area contributed by atoms with Gasteiger partial charge in [0.15, 0.2) is 0 Å². The largest absolute Gasteiger partial charge is 0.367 e. The highest BCUT2D eigenvalue weighted by Gasteiger charge is 2.22. The molecule has 3 rings (SSSR count). The molecule has 2 amide bonds. The molecule has 3 N–H and O–H groups in total. The fraction of sp³-hybridized carbons (Fsp3) is 0.333. The zero-order valence-corrected chi connectivity index (χ0v) is 18.4. The monoisotopic (exact) mass is 445 g/mol. The van der Waals surface area contributed by atoms with E-state index < -0.39 is 10.0 Å². The van der Waals surface area contributed by atoms with Gasteiger partial charge in [-0.2, -0.15) is 0 Å². The molecule has 31 heavy (non-hydrogen) atoms. The van der Waals surface area contributed by atoms with Crippen LogP contribution < -0.4 is 20.3 Å². The third-order valence-corrected chi connectivity index (χ3v) is 6.39. The molecular formula is C21H27N5O4S. The molecule has 2 aromatic carbocycles. The van der Waals surface area contributed by atoms with E-state index in [-0.39, 0.29) is 28.8 Å². The van der Waals surface area contributed by atoms with Crippen molar-refractivity contribution in [2.75, 3.05) is 56.4 Å². The molecule has 0 atom stereocenters. The van der Waals surface area contributed by atoms with Crippen molar-refractivity contribution in [1.82, 2.24) is 15.5 Å². The highest BCUT2D eigenvalue weighted by molar-refractivity contribution is 7.92. The van der Waals surface area contributed by atoms with Crippen LogP contribution in [0.4, 0.5) is 11.4 Å². The molecule has 1 saturated heterocycles. The van der Waals surface area contributed by atoms with Gasteiger partial charge in [0, 0.05) is 45.8 Å². The Morgan fingerprint density at radius 2 is 1.77 bits per heavy atom. The van der Waals surface area contributed by atoms with Crippen molar-refractivity contribution >= 4 is 33.2 Å². The lowest BCUT2D eigenvalue weighted by Gasteiger charge is -2.31. The van der Waals surface area contributed by atoms with Crippen LogP contribution in [-0.2, 0) is 14.8 Å². The molecule has 10 heteroatoms. The molecule has 1 fully saturated rings. The number of hydrogen-bond acceptors (Lipinski definition) is 6. The third kappa shape index (κ3) is 5.53. The summed E-state index contributed by atoms with van der Waals surface area (Å²) in [6.07, 6.45) is 0. The van der Waals surface area contributed by atoms with Gasteiger partial charge >= 0.3 is 0 Å². The number of rotatable bonds is 7. The first-order valence-corrected chi connectivity index (χ1v) is 11.4. The first-order chi connectivity index (χ1) is 14.8. The Labute approximate surface area is 182 Å². The number of carbonyl (C=O) groups is 2. The fourth-order valence-corrected chi connectivity index (χ4v) is 4.41. The fourth-order valence-electron chi connectivity index (χ4n) is 3.32. The van der Waals surface area contributed by atoms with Crippen molar-refractivity contribution < 1.29 is 18.0 Å². The number of nitrogens with one attached hydrogen (secondary N) is 3. The van der Waals surface area contributed by atoms with Crippen LogP contribution in [0.15, 0.2) is 53.4 Å². The molecule has 1 aliphatic rings. The third-order valence-electron chi connectivity index (χ3n) is 5.01. The Bertz CT molecular complexity index is 1040.